The standard InChI is InChI=1S/C18H29N5O2.HI/c1-5-19-17(21-13-18(4,24)16-8-6-11-25-16)20-9-7-10-23-15(3)12-14(2)22-23;/h6,8,11-12,24H,5,7,9-10,13H2,1-4H3,(H2,19,20,21);1H. The van der Waals surface area contributed by atoms with Crippen molar-refractivity contribution < 1.29 is 9.52 Å². The summed E-state index contributed by atoms with van der Waals surface area (Å²) in [4.78, 5) is 4.47. The van der Waals surface area contributed by atoms with Gasteiger partial charge in [0.05, 0.1) is 18.5 Å². The van der Waals surface area contributed by atoms with E-state index in [1.165, 1.54) is 5.69 Å². The van der Waals surface area contributed by atoms with E-state index in [-0.39, 0.29) is 30.5 Å². The van der Waals surface area contributed by atoms with E-state index >= 15 is 0 Å². The molecular formula is C18H30IN5O2. The Bertz CT molecular complexity index is 680. The van der Waals surface area contributed by atoms with Gasteiger partial charge in [-0.15, -0.1) is 24.0 Å². The summed E-state index contributed by atoms with van der Waals surface area (Å²) in [5, 5.41) is 21.4. The van der Waals surface area contributed by atoms with Crippen molar-refractivity contribution in [2.75, 3.05) is 19.6 Å². The second-order valence-electron chi connectivity index (χ2n) is 6.38. The molecule has 2 heterocycles. The van der Waals surface area contributed by atoms with E-state index in [1.54, 1.807) is 25.3 Å². The molecule has 1 unspecified atom stereocenters. The normalized spacial score (nSPS) is 13.8. The molecule has 2 aromatic heterocycles. The van der Waals surface area contributed by atoms with Crippen LogP contribution in [0.1, 0.15) is 37.4 Å². The lowest BCUT2D eigenvalue weighted by Crippen LogP contribution is -2.39. The van der Waals surface area contributed by atoms with Crippen LogP contribution in [0.3, 0.4) is 0 Å². The predicted molar refractivity (Wildman–Crippen MR) is 114 cm³/mol. The number of nitrogens with zero attached hydrogens (tertiary/aromatic N) is 3. The summed E-state index contributed by atoms with van der Waals surface area (Å²) >= 11 is 0. The number of aliphatic imine (C=N–C) groups is 1. The van der Waals surface area contributed by atoms with Crippen LogP contribution in [-0.4, -0.2) is 40.5 Å². The highest BCUT2D eigenvalue weighted by atomic mass is 127. The maximum atomic E-state index is 10.5. The van der Waals surface area contributed by atoms with Gasteiger partial charge in [-0.3, -0.25) is 4.68 Å². The Kier molecular flexibility index (Phi) is 9.14. The van der Waals surface area contributed by atoms with Crippen molar-refractivity contribution in [3.8, 4) is 0 Å². The molecule has 0 aromatic carbocycles. The van der Waals surface area contributed by atoms with Gasteiger partial charge in [0, 0.05) is 25.3 Å². The summed E-state index contributed by atoms with van der Waals surface area (Å²) < 4.78 is 7.30. The number of aromatic nitrogens is 2. The lowest BCUT2D eigenvalue weighted by atomic mass is 10.0. The Morgan fingerprint density at radius 1 is 1.38 bits per heavy atom. The summed E-state index contributed by atoms with van der Waals surface area (Å²) in [6.07, 6.45) is 2.48. The summed E-state index contributed by atoms with van der Waals surface area (Å²) in [5.74, 6) is 1.19. The number of aliphatic hydroxyl groups is 1. The van der Waals surface area contributed by atoms with Crippen LogP contribution in [0.4, 0.5) is 0 Å². The number of hydrogen-bond acceptors (Lipinski definition) is 4. The molecule has 1 atom stereocenters. The van der Waals surface area contributed by atoms with Crippen molar-refractivity contribution in [1.82, 2.24) is 20.4 Å². The third-order valence-corrected chi connectivity index (χ3v) is 3.88. The molecule has 0 fully saturated rings. The van der Waals surface area contributed by atoms with E-state index in [0.717, 1.165) is 31.7 Å². The van der Waals surface area contributed by atoms with Gasteiger partial charge in [0.25, 0.3) is 0 Å². The first kappa shape index (κ1) is 22.5. The van der Waals surface area contributed by atoms with E-state index in [1.807, 2.05) is 18.5 Å². The minimum absolute atomic E-state index is 0. The van der Waals surface area contributed by atoms with Gasteiger partial charge in [0.15, 0.2) is 5.96 Å². The highest BCUT2D eigenvalue weighted by molar-refractivity contribution is 14.0. The van der Waals surface area contributed by atoms with Gasteiger partial charge in [0.1, 0.15) is 11.4 Å². The predicted octanol–water partition coefficient (Wildman–Crippen LogP) is 2.56. The minimum Gasteiger partial charge on any atom is -0.466 e. The van der Waals surface area contributed by atoms with Crippen LogP contribution in [0, 0.1) is 13.8 Å². The van der Waals surface area contributed by atoms with Gasteiger partial charge in [-0.2, -0.15) is 5.10 Å². The van der Waals surface area contributed by atoms with Gasteiger partial charge in [-0.05, 0) is 52.3 Å². The fourth-order valence-electron chi connectivity index (χ4n) is 2.57. The molecule has 7 nitrogen and oxygen atoms in total. The quantitative estimate of drug-likeness (QED) is 0.237. The second-order valence-corrected chi connectivity index (χ2v) is 6.38. The summed E-state index contributed by atoms with van der Waals surface area (Å²) in [6.45, 7) is 10.4. The van der Waals surface area contributed by atoms with Crippen LogP contribution in [0.15, 0.2) is 33.9 Å². The molecule has 0 spiro atoms. The zero-order chi connectivity index (χ0) is 18.3. The molecule has 0 saturated heterocycles. The van der Waals surface area contributed by atoms with Crippen LogP contribution in [0.2, 0.25) is 0 Å². The Morgan fingerprint density at radius 3 is 2.73 bits per heavy atom. The average Bonchev–Trinajstić information content (AvgIpc) is 3.19. The van der Waals surface area contributed by atoms with Gasteiger partial charge in [-0.25, -0.2) is 4.99 Å². The number of halogens is 1. The van der Waals surface area contributed by atoms with Crippen LogP contribution in [0.5, 0.6) is 0 Å². The maximum absolute atomic E-state index is 10.5. The number of nitrogens with one attached hydrogen (secondary N) is 2. The molecule has 0 radical (unpaired) electrons. The number of rotatable bonds is 8. The molecule has 0 aliphatic carbocycles. The Morgan fingerprint density at radius 2 is 2.15 bits per heavy atom. The molecule has 0 bridgehead atoms. The van der Waals surface area contributed by atoms with Gasteiger partial charge in [0.2, 0.25) is 0 Å². The number of aryl methyl sites for hydroxylation is 3. The maximum Gasteiger partial charge on any atom is 0.191 e. The fourth-order valence-corrected chi connectivity index (χ4v) is 2.57. The van der Waals surface area contributed by atoms with E-state index in [9.17, 15) is 5.11 Å². The largest absolute Gasteiger partial charge is 0.466 e. The van der Waals surface area contributed by atoms with E-state index < -0.39 is 5.60 Å². The average molecular weight is 475 g/mol. The zero-order valence-electron chi connectivity index (χ0n) is 16.0. The van der Waals surface area contributed by atoms with Crippen molar-refractivity contribution in [2.45, 2.75) is 46.3 Å². The Hall–Kier alpha value is -1.55. The number of furan rings is 1. The highest BCUT2D eigenvalue weighted by Gasteiger charge is 2.26. The monoisotopic (exact) mass is 475 g/mol. The summed E-state index contributed by atoms with van der Waals surface area (Å²) in [6, 6.07) is 5.59. The van der Waals surface area contributed by atoms with Crippen molar-refractivity contribution in [3.05, 3.63) is 41.6 Å². The van der Waals surface area contributed by atoms with Crippen molar-refractivity contribution in [1.29, 1.82) is 0 Å². The van der Waals surface area contributed by atoms with Crippen LogP contribution in [0.25, 0.3) is 0 Å². The molecule has 26 heavy (non-hydrogen) atoms. The molecule has 8 heteroatoms. The van der Waals surface area contributed by atoms with Gasteiger partial charge >= 0.3 is 0 Å². The highest BCUT2D eigenvalue weighted by Crippen LogP contribution is 2.20. The molecule has 2 rings (SSSR count). The molecule has 0 aliphatic rings. The fraction of sp³-hybridized carbons (Fsp3) is 0.556. The van der Waals surface area contributed by atoms with Gasteiger partial charge < -0.3 is 20.2 Å². The van der Waals surface area contributed by atoms with Crippen molar-refractivity contribution in [3.63, 3.8) is 0 Å². The molecule has 2 aromatic rings. The van der Waals surface area contributed by atoms with Crippen LogP contribution < -0.4 is 10.6 Å². The first-order valence-electron chi connectivity index (χ1n) is 8.72. The Labute approximate surface area is 172 Å². The van der Waals surface area contributed by atoms with Crippen molar-refractivity contribution in [2.24, 2.45) is 4.99 Å². The van der Waals surface area contributed by atoms with E-state index in [0.29, 0.717) is 11.7 Å². The van der Waals surface area contributed by atoms with E-state index in [2.05, 4.69) is 33.7 Å². The van der Waals surface area contributed by atoms with Crippen molar-refractivity contribution >= 4 is 29.9 Å². The second kappa shape index (κ2) is 10.6. The third-order valence-electron chi connectivity index (χ3n) is 3.88. The van der Waals surface area contributed by atoms with Crippen LogP contribution in [-0.2, 0) is 12.1 Å². The van der Waals surface area contributed by atoms with E-state index in [4.69, 9.17) is 4.42 Å². The molecular weight excluding hydrogens is 445 g/mol. The molecule has 0 aliphatic heterocycles. The lowest BCUT2D eigenvalue weighted by molar-refractivity contribution is 0.0437. The number of guanidine groups is 1. The molecule has 3 N–H and O–H groups in total. The molecule has 146 valence electrons. The molecule has 0 saturated carbocycles. The van der Waals surface area contributed by atoms with Crippen LogP contribution >= 0.6 is 24.0 Å². The summed E-state index contributed by atoms with van der Waals surface area (Å²) in [5.41, 5.74) is 1.09. The Balaban J connectivity index is 0.00000338. The zero-order valence-corrected chi connectivity index (χ0v) is 18.3. The number of hydrogen-bond donors (Lipinski definition) is 3. The minimum atomic E-state index is -1.13. The summed E-state index contributed by atoms with van der Waals surface area (Å²) in [7, 11) is 0. The smallest absolute Gasteiger partial charge is 0.191 e. The van der Waals surface area contributed by atoms with Gasteiger partial charge in [-0.1, -0.05) is 0 Å². The third kappa shape index (κ3) is 6.64. The SMILES string of the molecule is CCNC(=NCC(C)(O)c1ccco1)NCCCn1nc(C)cc1C.I. The topological polar surface area (TPSA) is 87.6 Å². The first-order valence-corrected chi connectivity index (χ1v) is 8.72. The molecule has 0 amide bonds. The first-order chi connectivity index (χ1) is 11.9. The lowest BCUT2D eigenvalue weighted by Gasteiger charge is -2.19.